The number of hydrogen-bond donors (Lipinski definition) is 2. The highest BCUT2D eigenvalue weighted by molar-refractivity contribution is 6.35. The topological polar surface area (TPSA) is 66.6 Å². The minimum absolute atomic E-state index is 0.0752. The van der Waals surface area contributed by atoms with Gasteiger partial charge in [0.05, 0.1) is 12.6 Å². The number of primary amides is 1. The molecule has 1 aromatic carbocycles. The molecule has 0 spiro atoms. The van der Waals surface area contributed by atoms with E-state index in [4.69, 9.17) is 28.9 Å². The molecule has 0 radical (unpaired) electrons. The number of hydrogen-bond acceptors (Lipinski definition) is 3. The highest BCUT2D eigenvalue weighted by Crippen LogP contribution is 2.28. The number of nitrogens with zero attached hydrogens (tertiary/aromatic N) is 1. The zero-order chi connectivity index (χ0) is 15.5. The Kier molecular flexibility index (Phi) is 5.83. The van der Waals surface area contributed by atoms with E-state index in [-0.39, 0.29) is 18.6 Å². The Morgan fingerprint density at radius 1 is 1.40 bits per heavy atom. The van der Waals surface area contributed by atoms with Crippen molar-refractivity contribution in [2.24, 2.45) is 5.73 Å². The Hall–Kier alpha value is -0.810. The quantitative estimate of drug-likeness (QED) is 0.877. The fourth-order valence-corrected chi connectivity index (χ4v) is 2.38. The summed E-state index contributed by atoms with van der Waals surface area (Å²) in [5.74, 6) is -0.436. The van der Waals surface area contributed by atoms with Crippen LogP contribution in [-0.2, 0) is 4.79 Å². The molecule has 3 N–H and O–H groups in total. The van der Waals surface area contributed by atoms with Gasteiger partial charge in [-0.1, -0.05) is 29.3 Å². The van der Waals surface area contributed by atoms with Crippen molar-refractivity contribution < 1.29 is 9.90 Å². The molecule has 1 rings (SSSR count). The van der Waals surface area contributed by atoms with Gasteiger partial charge in [-0.25, -0.2) is 0 Å². The van der Waals surface area contributed by atoms with Crippen LogP contribution in [0.2, 0.25) is 10.0 Å². The molecule has 0 fully saturated rings. The number of rotatable bonds is 5. The van der Waals surface area contributed by atoms with E-state index in [9.17, 15) is 9.90 Å². The van der Waals surface area contributed by atoms with Crippen LogP contribution in [0.4, 0.5) is 0 Å². The van der Waals surface area contributed by atoms with Gasteiger partial charge in [-0.05, 0) is 32.9 Å². The number of aliphatic hydroxyl groups is 1. The van der Waals surface area contributed by atoms with E-state index >= 15 is 0 Å². The number of carbonyl (C=O) groups is 1. The van der Waals surface area contributed by atoms with Gasteiger partial charge in [0.1, 0.15) is 0 Å². The summed E-state index contributed by atoms with van der Waals surface area (Å²) >= 11 is 11.9. The Labute approximate surface area is 129 Å². The molecule has 0 aromatic heterocycles. The van der Waals surface area contributed by atoms with Crippen molar-refractivity contribution in [3.05, 3.63) is 33.8 Å². The lowest BCUT2D eigenvalue weighted by Crippen LogP contribution is -2.47. The maximum atomic E-state index is 11.1. The van der Waals surface area contributed by atoms with Gasteiger partial charge >= 0.3 is 0 Å². The van der Waals surface area contributed by atoms with Crippen LogP contribution in [0.25, 0.3) is 0 Å². The lowest BCUT2D eigenvalue weighted by atomic mass is 10.0. The van der Waals surface area contributed by atoms with E-state index in [0.717, 1.165) is 0 Å². The summed E-state index contributed by atoms with van der Waals surface area (Å²) in [5.41, 5.74) is 5.53. The van der Waals surface area contributed by atoms with Crippen LogP contribution in [0.1, 0.15) is 32.4 Å². The van der Waals surface area contributed by atoms with Crippen molar-refractivity contribution in [2.45, 2.75) is 32.4 Å². The first kappa shape index (κ1) is 17.2. The van der Waals surface area contributed by atoms with Gasteiger partial charge in [-0.3, -0.25) is 9.69 Å². The minimum atomic E-state index is -0.821. The molecule has 1 amide bonds. The van der Waals surface area contributed by atoms with Gasteiger partial charge < -0.3 is 10.8 Å². The summed E-state index contributed by atoms with van der Waals surface area (Å²) in [7, 11) is 0. The summed E-state index contributed by atoms with van der Waals surface area (Å²) in [6.45, 7) is 6.18. The fraction of sp³-hybridized carbons (Fsp3) is 0.500. The Bertz CT molecular complexity index is 487. The van der Waals surface area contributed by atoms with Gasteiger partial charge in [0.2, 0.25) is 5.91 Å². The van der Waals surface area contributed by atoms with E-state index in [1.165, 1.54) is 0 Å². The summed E-state index contributed by atoms with van der Waals surface area (Å²) < 4.78 is 0. The number of amides is 1. The number of carbonyl (C=O) groups excluding carboxylic acids is 1. The maximum absolute atomic E-state index is 11.1. The monoisotopic (exact) mass is 318 g/mol. The number of aliphatic hydroxyl groups excluding tert-OH is 1. The van der Waals surface area contributed by atoms with Crippen LogP contribution in [0, 0.1) is 0 Å². The molecule has 0 bridgehead atoms. The first-order chi connectivity index (χ1) is 9.11. The molecular weight excluding hydrogens is 299 g/mol. The average Bonchev–Trinajstić information content (AvgIpc) is 2.25. The zero-order valence-corrected chi connectivity index (χ0v) is 13.4. The molecule has 4 nitrogen and oxygen atoms in total. The van der Waals surface area contributed by atoms with E-state index in [2.05, 4.69) is 0 Å². The normalized spacial score (nSPS) is 13.6. The van der Waals surface area contributed by atoms with Crippen LogP contribution in [0.15, 0.2) is 18.2 Å². The van der Waals surface area contributed by atoms with Crippen LogP contribution >= 0.6 is 23.2 Å². The maximum Gasteiger partial charge on any atom is 0.231 e. The zero-order valence-electron chi connectivity index (χ0n) is 11.9. The Morgan fingerprint density at radius 2 is 2.00 bits per heavy atom. The summed E-state index contributed by atoms with van der Waals surface area (Å²) in [6, 6.07) is 4.93. The molecule has 1 unspecified atom stereocenters. The van der Waals surface area contributed by atoms with E-state index in [0.29, 0.717) is 15.6 Å². The molecule has 6 heteroatoms. The molecule has 0 saturated carbocycles. The second-order valence-electron chi connectivity index (χ2n) is 5.70. The molecule has 1 aromatic rings. The third kappa shape index (κ3) is 4.94. The standard InChI is InChI=1S/C14H20Cl2N2O2/c1-14(2,3)18(8-13(17)20)7-12(19)10-5-4-9(15)6-11(10)16/h4-6,12,19H,7-8H2,1-3H3,(H2,17,20). The van der Waals surface area contributed by atoms with Gasteiger partial charge in [0, 0.05) is 27.7 Å². The van der Waals surface area contributed by atoms with Crippen LogP contribution in [0.5, 0.6) is 0 Å². The number of nitrogens with two attached hydrogens (primary N) is 1. The van der Waals surface area contributed by atoms with Crippen molar-refractivity contribution in [2.75, 3.05) is 13.1 Å². The number of β-amino-alcohol motifs (C(OH)–C–C–N with tert-alkyl or cyclic N) is 1. The molecule has 0 aliphatic rings. The third-order valence-corrected chi connectivity index (χ3v) is 3.57. The van der Waals surface area contributed by atoms with E-state index < -0.39 is 12.0 Å². The number of halogens is 2. The fourth-order valence-electron chi connectivity index (χ4n) is 1.84. The molecule has 0 aliphatic heterocycles. The van der Waals surface area contributed by atoms with Crippen molar-refractivity contribution in [3.8, 4) is 0 Å². The molecule has 0 aliphatic carbocycles. The minimum Gasteiger partial charge on any atom is -0.387 e. The first-order valence-corrected chi connectivity index (χ1v) is 7.03. The SMILES string of the molecule is CC(C)(C)N(CC(N)=O)CC(O)c1ccc(Cl)cc1Cl. The predicted octanol–water partition coefficient (Wildman–Crippen LogP) is 2.61. The van der Waals surface area contributed by atoms with E-state index in [1.54, 1.807) is 18.2 Å². The third-order valence-electron chi connectivity index (χ3n) is 3.01. The second kappa shape index (κ2) is 6.76. The Morgan fingerprint density at radius 3 is 2.45 bits per heavy atom. The van der Waals surface area contributed by atoms with Gasteiger partial charge in [0.25, 0.3) is 0 Å². The molecule has 0 saturated heterocycles. The summed E-state index contributed by atoms with van der Waals surface area (Å²) in [4.78, 5) is 13.0. The van der Waals surface area contributed by atoms with Crippen LogP contribution in [-0.4, -0.2) is 34.5 Å². The molecular formula is C14H20Cl2N2O2. The largest absolute Gasteiger partial charge is 0.387 e. The average molecular weight is 319 g/mol. The molecule has 20 heavy (non-hydrogen) atoms. The smallest absolute Gasteiger partial charge is 0.231 e. The van der Waals surface area contributed by atoms with Gasteiger partial charge in [-0.15, -0.1) is 0 Å². The predicted molar refractivity (Wildman–Crippen MR) is 81.9 cm³/mol. The van der Waals surface area contributed by atoms with Gasteiger partial charge in [-0.2, -0.15) is 0 Å². The van der Waals surface area contributed by atoms with Crippen LogP contribution in [0.3, 0.4) is 0 Å². The van der Waals surface area contributed by atoms with Crippen molar-refractivity contribution >= 4 is 29.1 Å². The molecule has 1 atom stereocenters. The Balaban J connectivity index is 2.90. The lowest BCUT2D eigenvalue weighted by Gasteiger charge is -2.36. The molecule has 112 valence electrons. The highest BCUT2D eigenvalue weighted by Gasteiger charge is 2.26. The van der Waals surface area contributed by atoms with Crippen molar-refractivity contribution in [1.29, 1.82) is 0 Å². The van der Waals surface area contributed by atoms with E-state index in [1.807, 2.05) is 25.7 Å². The van der Waals surface area contributed by atoms with Crippen molar-refractivity contribution in [1.82, 2.24) is 4.90 Å². The van der Waals surface area contributed by atoms with Gasteiger partial charge in [0.15, 0.2) is 0 Å². The second-order valence-corrected chi connectivity index (χ2v) is 6.54. The molecule has 0 heterocycles. The summed E-state index contributed by atoms with van der Waals surface area (Å²) in [5, 5.41) is 11.2. The summed E-state index contributed by atoms with van der Waals surface area (Å²) in [6.07, 6.45) is -0.821. The highest BCUT2D eigenvalue weighted by atomic mass is 35.5. The van der Waals surface area contributed by atoms with Crippen molar-refractivity contribution in [3.63, 3.8) is 0 Å². The first-order valence-electron chi connectivity index (χ1n) is 6.27. The van der Waals surface area contributed by atoms with Crippen LogP contribution < -0.4 is 5.73 Å². The number of benzene rings is 1. The lowest BCUT2D eigenvalue weighted by molar-refractivity contribution is -0.120.